The third-order valence-electron chi connectivity index (χ3n) is 6.71. The predicted molar refractivity (Wildman–Crippen MR) is 126 cm³/mol. The van der Waals surface area contributed by atoms with Gasteiger partial charge in [-0.15, -0.1) is 10.2 Å². The average Bonchev–Trinajstić information content (AvgIpc) is 3.23. The summed E-state index contributed by atoms with van der Waals surface area (Å²) in [4.78, 5) is 6.00. The van der Waals surface area contributed by atoms with Crippen LogP contribution in [-0.2, 0) is 10.0 Å². The zero-order valence-corrected chi connectivity index (χ0v) is 21.1. The Hall–Kier alpha value is -2.36. The fourth-order valence-electron chi connectivity index (χ4n) is 4.38. The molecular formula is C21H25F4N7O2S2. The first-order valence-electron chi connectivity index (χ1n) is 11.4. The van der Waals surface area contributed by atoms with Gasteiger partial charge < -0.3 is 10.2 Å². The molecular weight excluding hydrogens is 522 g/mol. The molecule has 1 saturated carbocycles. The predicted octanol–water partition coefficient (Wildman–Crippen LogP) is 3.10. The highest BCUT2D eigenvalue weighted by molar-refractivity contribution is 7.89. The second-order valence-electron chi connectivity index (χ2n) is 9.48. The lowest BCUT2D eigenvalue weighted by Crippen LogP contribution is -2.63. The van der Waals surface area contributed by atoms with Crippen molar-refractivity contribution in [3.05, 3.63) is 23.5 Å². The SMILES string of the molecule is C[C@@H]1[C@@H](CF)N[C@@H](CF)CN1c1cc(S(=O)(=O)NC2(C)CC2)cn2c(-c3nnc(C(F)F)s3)ncc12. The normalized spacial score (nSPS) is 24.1. The van der Waals surface area contributed by atoms with Gasteiger partial charge in [-0.25, -0.2) is 35.7 Å². The third kappa shape index (κ3) is 4.57. The summed E-state index contributed by atoms with van der Waals surface area (Å²) in [6.07, 6.45) is 1.40. The van der Waals surface area contributed by atoms with Gasteiger partial charge in [0.2, 0.25) is 10.0 Å². The smallest absolute Gasteiger partial charge is 0.291 e. The van der Waals surface area contributed by atoms with Crippen LogP contribution in [0.4, 0.5) is 23.2 Å². The number of nitrogens with one attached hydrogen (secondary N) is 2. The number of nitrogens with zero attached hydrogens (tertiary/aromatic N) is 5. The molecule has 0 radical (unpaired) electrons. The lowest BCUT2D eigenvalue weighted by molar-refractivity contribution is 0.150. The quantitative estimate of drug-likeness (QED) is 0.418. The topological polar surface area (TPSA) is 105 Å². The summed E-state index contributed by atoms with van der Waals surface area (Å²) in [6, 6.07) is -0.322. The Morgan fingerprint density at radius 3 is 2.64 bits per heavy atom. The Balaban J connectivity index is 1.68. The van der Waals surface area contributed by atoms with Crippen molar-refractivity contribution in [2.45, 2.75) is 61.7 Å². The molecule has 5 rings (SSSR count). The second kappa shape index (κ2) is 9.19. The first-order valence-corrected chi connectivity index (χ1v) is 13.7. The number of alkyl halides is 4. The van der Waals surface area contributed by atoms with Crippen LogP contribution in [0.15, 0.2) is 23.4 Å². The van der Waals surface area contributed by atoms with Crippen molar-refractivity contribution in [2.24, 2.45) is 0 Å². The number of rotatable bonds is 8. The number of aromatic nitrogens is 4. The Labute approximate surface area is 209 Å². The van der Waals surface area contributed by atoms with Crippen LogP contribution in [0, 0.1) is 0 Å². The van der Waals surface area contributed by atoms with Crippen LogP contribution in [0.5, 0.6) is 0 Å². The Morgan fingerprint density at radius 1 is 1.28 bits per heavy atom. The Kier molecular flexibility index (Phi) is 6.46. The molecule has 2 fully saturated rings. The van der Waals surface area contributed by atoms with E-state index >= 15 is 0 Å². The van der Waals surface area contributed by atoms with E-state index in [2.05, 4.69) is 25.2 Å². The van der Waals surface area contributed by atoms with Crippen molar-refractivity contribution < 1.29 is 26.0 Å². The molecule has 1 saturated heterocycles. The standard InChI is InChI=1S/C21H25F4N7O2S2/c1-11-14(7-23)27-12(6-22)9-31(11)15-5-13(36(33,34)30-21(2)3-4-21)10-32-16(15)8-26-18(32)20-29-28-19(35-20)17(24)25/h5,8,10-12,14,17,27,30H,3-4,6-7,9H2,1-2H3/t11-,12+,14-/m1/s1. The van der Waals surface area contributed by atoms with Gasteiger partial charge in [-0.05, 0) is 32.8 Å². The summed E-state index contributed by atoms with van der Waals surface area (Å²) in [7, 11) is -3.99. The molecule has 4 heterocycles. The van der Waals surface area contributed by atoms with Crippen molar-refractivity contribution in [3.63, 3.8) is 0 Å². The van der Waals surface area contributed by atoms with Gasteiger partial charge in [0.05, 0.1) is 29.5 Å². The van der Waals surface area contributed by atoms with Crippen molar-refractivity contribution in [2.75, 3.05) is 24.8 Å². The van der Waals surface area contributed by atoms with Gasteiger partial charge in [-0.2, -0.15) is 0 Å². The zero-order chi connectivity index (χ0) is 25.8. The monoisotopic (exact) mass is 547 g/mol. The number of pyridine rings is 1. The maximum absolute atomic E-state index is 13.8. The minimum atomic E-state index is -3.99. The zero-order valence-electron chi connectivity index (χ0n) is 19.5. The fourth-order valence-corrected chi connectivity index (χ4v) is 6.55. The maximum atomic E-state index is 13.8. The minimum absolute atomic E-state index is 0.0875. The first kappa shape index (κ1) is 25.3. The van der Waals surface area contributed by atoms with Crippen LogP contribution in [-0.4, -0.2) is 71.6 Å². The fraction of sp³-hybridized carbons (Fsp3) is 0.571. The molecule has 0 bridgehead atoms. The molecule has 15 heteroatoms. The number of piperazine rings is 1. The Morgan fingerprint density at radius 2 is 2.03 bits per heavy atom. The second-order valence-corrected chi connectivity index (χ2v) is 12.2. The maximum Gasteiger partial charge on any atom is 0.291 e. The lowest BCUT2D eigenvalue weighted by atomic mass is 10.0. The van der Waals surface area contributed by atoms with Crippen LogP contribution in [0.25, 0.3) is 16.3 Å². The van der Waals surface area contributed by atoms with E-state index in [9.17, 15) is 26.0 Å². The van der Waals surface area contributed by atoms with Crippen molar-refractivity contribution in [1.29, 1.82) is 0 Å². The third-order valence-corrected chi connectivity index (χ3v) is 9.24. The largest absolute Gasteiger partial charge is 0.364 e. The van der Waals surface area contributed by atoms with E-state index in [0.29, 0.717) is 35.4 Å². The van der Waals surface area contributed by atoms with Crippen LogP contribution in [0.2, 0.25) is 0 Å². The van der Waals surface area contributed by atoms with E-state index in [1.807, 2.05) is 0 Å². The number of sulfonamides is 1. The molecule has 3 aromatic heterocycles. The van der Waals surface area contributed by atoms with Crippen molar-refractivity contribution in [3.8, 4) is 10.8 Å². The van der Waals surface area contributed by atoms with Crippen LogP contribution >= 0.6 is 11.3 Å². The van der Waals surface area contributed by atoms with E-state index in [-0.39, 0.29) is 22.3 Å². The van der Waals surface area contributed by atoms with E-state index < -0.39 is 58.5 Å². The van der Waals surface area contributed by atoms with Crippen LogP contribution < -0.4 is 14.9 Å². The van der Waals surface area contributed by atoms with Gasteiger partial charge >= 0.3 is 0 Å². The summed E-state index contributed by atoms with van der Waals surface area (Å²) in [5.74, 6) is 0.136. The summed E-state index contributed by atoms with van der Waals surface area (Å²) in [6.45, 7) is 2.25. The molecule has 2 aliphatic rings. The molecule has 3 atom stereocenters. The molecule has 9 nitrogen and oxygen atoms in total. The number of halogens is 4. The van der Waals surface area contributed by atoms with E-state index in [1.165, 1.54) is 22.9 Å². The average molecular weight is 548 g/mol. The van der Waals surface area contributed by atoms with Gasteiger partial charge in [-0.3, -0.25) is 4.40 Å². The van der Waals surface area contributed by atoms with Gasteiger partial charge in [-0.1, -0.05) is 11.3 Å². The van der Waals surface area contributed by atoms with Gasteiger partial charge in [0.1, 0.15) is 18.2 Å². The molecule has 0 amide bonds. The molecule has 2 N–H and O–H groups in total. The number of imidazole rings is 1. The molecule has 36 heavy (non-hydrogen) atoms. The summed E-state index contributed by atoms with van der Waals surface area (Å²) < 4.78 is 84.5. The molecule has 1 aliphatic carbocycles. The van der Waals surface area contributed by atoms with E-state index in [0.717, 1.165) is 0 Å². The van der Waals surface area contributed by atoms with Crippen molar-refractivity contribution in [1.82, 2.24) is 29.6 Å². The Bertz CT molecular complexity index is 1380. The van der Waals surface area contributed by atoms with E-state index in [4.69, 9.17) is 0 Å². The highest BCUT2D eigenvalue weighted by Gasteiger charge is 2.42. The minimum Gasteiger partial charge on any atom is -0.364 e. The van der Waals surface area contributed by atoms with Gasteiger partial charge in [0, 0.05) is 24.3 Å². The summed E-state index contributed by atoms with van der Waals surface area (Å²) in [5.41, 5.74) is 0.305. The van der Waals surface area contributed by atoms with Crippen LogP contribution in [0.3, 0.4) is 0 Å². The molecule has 3 aromatic rings. The number of anilines is 1. The number of fused-ring (bicyclic) bond motifs is 1. The molecule has 1 aliphatic heterocycles. The summed E-state index contributed by atoms with van der Waals surface area (Å²) in [5, 5.41) is 9.87. The van der Waals surface area contributed by atoms with Gasteiger partial charge in [0.15, 0.2) is 15.8 Å². The highest BCUT2D eigenvalue weighted by atomic mass is 32.2. The van der Waals surface area contributed by atoms with Crippen LogP contribution in [0.1, 0.15) is 38.1 Å². The molecule has 0 spiro atoms. The van der Waals surface area contributed by atoms with Gasteiger partial charge in [0.25, 0.3) is 6.43 Å². The number of hydrogen-bond donors (Lipinski definition) is 2. The molecule has 0 unspecified atom stereocenters. The molecule has 196 valence electrons. The number of hydrogen-bond acceptors (Lipinski definition) is 8. The molecule has 0 aromatic carbocycles. The van der Waals surface area contributed by atoms with E-state index in [1.54, 1.807) is 18.7 Å². The first-order chi connectivity index (χ1) is 17.0. The lowest BCUT2D eigenvalue weighted by Gasteiger charge is -2.44. The van der Waals surface area contributed by atoms with Crippen molar-refractivity contribution >= 4 is 32.6 Å². The highest BCUT2D eigenvalue weighted by Crippen LogP contribution is 2.38. The summed E-state index contributed by atoms with van der Waals surface area (Å²) >= 11 is 0.654.